The maximum absolute atomic E-state index is 3.57. The molecule has 1 aliphatic heterocycles. The van der Waals surface area contributed by atoms with E-state index in [9.17, 15) is 0 Å². The lowest BCUT2D eigenvalue weighted by molar-refractivity contribution is 0.190. The molecule has 1 saturated heterocycles. The zero-order valence-electron chi connectivity index (χ0n) is 8.85. The van der Waals surface area contributed by atoms with Crippen molar-refractivity contribution in [3.8, 4) is 0 Å². The van der Waals surface area contributed by atoms with E-state index in [1.54, 1.807) is 0 Å². The van der Waals surface area contributed by atoms with Crippen LogP contribution >= 0.6 is 0 Å². The van der Waals surface area contributed by atoms with Crippen molar-refractivity contribution in [1.82, 2.24) is 10.2 Å². The molecule has 1 fully saturated rings. The van der Waals surface area contributed by atoms with Crippen LogP contribution in [0.3, 0.4) is 0 Å². The summed E-state index contributed by atoms with van der Waals surface area (Å²) in [6, 6.07) is 0.740. The first kappa shape index (κ1) is 10.0. The molecule has 0 aromatic heterocycles. The molecule has 1 atom stereocenters. The van der Waals surface area contributed by atoms with Gasteiger partial charge in [0.1, 0.15) is 0 Å². The first-order valence-corrected chi connectivity index (χ1v) is 5.04. The van der Waals surface area contributed by atoms with Crippen LogP contribution in [0.2, 0.25) is 0 Å². The molecule has 2 nitrogen and oxygen atoms in total. The van der Waals surface area contributed by atoms with Crippen molar-refractivity contribution in [1.29, 1.82) is 0 Å². The second-order valence-corrected chi connectivity index (χ2v) is 4.51. The Balaban J connectivity index is 2.59. The van der Waals surface area contributed by atoms with E-state index < -0.39 is 0 Å². The minimum Gasteiger partial charge on any atom is -0.310 e. The minimum atomic E-state index is 0.292. The van der Waals surface area contributed by atoms with Gasteiger partial charge in [-0.05, 0) is 40.3 Å². The maximum Gasteiger partial charge on any atom is 0.0252 e. The quantitative estimate of drug-likeness (QED) is 0.641. The lowest BCUT2D eigenvalue weighted by Gasteiger charge is -2.31. The molecule has 1 N–H and O–H groups in total. The number of nitrogens with one attached hydrogen (secondary N) is 1. The molecule has 0 saturated carbocycles. The molecule has 0 radical (unpaired) electrons. The van der Waals surface area contributed by atoms with Gasteiger partial charge in [0.2, 0.25) is 0 Å². The van der Waals surface area contributed by atoms with E-state index in [0.717, 1.165) is 12.6 Å². The first-order chi connectivity index (χ1) is 5.55. The zero-order valence-corrected chi connectivity index (χ0v) is 8.85. The van der Waals surface area contributed by atoms with Gasteiger partial charge in [-0.15, -0.1) is 0 Å². The number of nitrogens with zero attached hydrogens (tertiary/aromatic N) is 1. The molecule has 0 amide bonds. The molecule has 1 heterocycles. The molecule has 2 heteroatoms. The average molecular weight is 170 g/mol. The van der Waals surface area contributed by atoms with E-state index in [2.05, 4.69) is 37.9 Å². The van der Waals surface area contributed by atoms with Crippen molar-refractivity contribution >= 4 is 0 Å². The maximum atomic E-state index is 3.57. The Labute approximate surface area is 76.3 Å². The Morgan fingerprint density at radius 1 is 1.50 bits per heavy atom. The van der Waals surface area contributed by atoms with Crippen LogP contribution in [0, 0.1) is 0 Å². The van der Waals surface area contributed by atoms with E-state index in [4.69, 9.17) is 0 Å². The van der Waals surface area contributed by atoms with Crippen LogP contribution < -0.4 is 5.32 Å². The van der Waals surface area contributed by atoms with Gasteiger partial charge in [0.05, 0.1) is 0 Å². The topological polar surface area (TPSA) is 15.3 Å². The fourth-order valence-corrected chi connectivity index (χ4v) is 1.94. The van der Waals surface area contributed by atoms with Crippen LogP contribution in [0.25, 0.3) is 0 Å². The molecule has 12 heavy (non-hydrogen) atoms. The van der Waals surface area contributed by atoms with Crippen LogP contribution in [0.5, 0.6) is 0 Å². The number of likely N-dealkylation sites (N-methyl/N-ethyl adjacent to an activating group) is 1. The largest absolute Gasteiger partial charge is 0.310 e. The van der Waals surface area contributed by atoms with E-state index in [-0.39, 0.29) is 0 Å². The summed E-state index contributed by atoms with van der Waals surface area (Å²) in [6.07, 6.45) is 1.28. The van der Waals surface area contributed by atoms with E-state index in [1.807, 2.05) is 0 Å². The fourth-order valence-electron chi connectivity index (χ4n) is 1.94. The van der Waals surface area contributed by atoms with Crippen molar-refractivity contribution in [2.24, 2.45) is 0 Å². The molecule has 0 bridgehead atoms. The summed E-state index contributed by atoms with van der Waals surface area (Å²) in [5, 5.41) is 3.57. The third-order valence-corrected chi connectivity index (χ3v) is 2.79. The van der Waals surface area contributed by atoms with E-state index in [0.29, 0.717) is 5.54 Å². The van der Waals surface area contributed by atoms with Gasteiger partial charge in [-0.3, -0.25) is 4.90 Å². The smallest absolute Gasteiger partial charge is 0.0252 e. The van der Waals surface area contributed by atoms with Crippen molar-refractivity contribution < 1.29 is 0 Å². The van der Waals surface area contributed by atoms with Crippen LogP contribution in [-0.2, 0) is 0 Å². The number of hydrogen-bond acceptors (Lipinski definition) is 2. The molecular weight excluding hydrogens is 148 g/mol. The summed E-state index contributed by atoms with van der Waals surface area (Å²) >= 11 is 0. The van der Waals surface area contributed by atoms with Crippen molar-refractivity contribution in [3.05, 3.63) is 0 Å². The van der Waals surface area contributed by atoms with Gasteiger partial charge in [0, 0.05) is 18.1 Å². The highest BCUT2D eigenvalue weighted by molar-refractivity contribution is 4.87. The van der Waals surface area contributed by atoms with Crippen molar-refractivity contribution in [2.75, 3.05) is 19.6 Å². The second-order valence-electron chi connectivity index (χ2n) is 4.51. The Kier molecular flexibility index (Phi) is 3.13. The van der Waals surface area contributed by atoms with Gasteiger partial charge in [-0.1, -0.05) is 6.92 Å². The summed E-state index contributed by atoms with van der Waals surface area (Å²) in [7, 11) is 0. The summed E-state index contributed by atoms with van der Waals surface area (Å²) in [4.78, 5) is 2.56. The molecule has 1 rings (SSSR count). The average Bonchev–Trinajstić information content (AvgIpc) is 2.10. The molecule has 1 aliphatic rings. The van der Waals surface area contributed by atoms with Crippen molar-refractivity contribution in [2.45, 2.75) is 45.7 Å². The third kappa shape index (κ3) is 2.46. The van der Waals surface area contributed by atoms with E-state index >= 15 is 0 Å². The first-order valence-electron chi connectivity index (χ1n) is 5.04. The third-order valence-electron chi connectivity index (χ3n) is 2.79. The second kappa shape index (κ2) is 3.75. The monoisotopic (exact) mass is 170 g/mol. The Morgan fingerprint density at radius 2 is 2.17 bits per heavy atom. The molecule has 0 spiro atoms. The number of hydrogen-bond donors (Lipinski definition) is 1. The Bertz CT molecular complexity index is 143. The minimum absolute atomic E-state index is 0.292. The summed E-state index contributed by atoms with van der Waals surface area (Å²) < 4.78 is 0. The van der Waals surface area contributed by atoms with Gasteiger partial charge < -0.3 is 5.32 Å². The van der Waals surface area contributed by atoms with Gasteiger partial charge in [0.15, 0.2) is 0 Å². The SMILES string of the molecule is CCN1CC(C)(C)NCCC1C. The predicted molar refractivity (Wildman–Crippen MR) is 53.4 cm³/mol. The molecule has 1 unspecified atom stereocenters. The zero-order chi connectivity index (χ0) is 9.19. The summed E-state index contributed by atoms with van der Waals surface area (Å²) in [6.45, 7) is 12.6. The Hall–Kier alpha value is -0.0800. The highest BCUT2D eigenvalue weighted by atomic mass is 15.2. The fraction of sp³-hybridized carbons (Fsp3) is 1.00. The Morgan fingerprint density at radius 3 is 2.75 bits per heavy atom. The van der Waals surface area contributed by atoms with Gasteiger partial charge >= 0.3 is 0 Å². The lowest BCUT2D eigenvalue weighted by Crippen LogP contribution is -2.47. The molecule has 0 aromatic rings. The van der Waals surface area contributed by atoms with Crippen LogP contribution in [0.1, 0.15) is 34.1 Å². The molecule has 0 aliphatic carbocycles. The van der Waals surface area contributed by atoms with E-state index in [1.165, 1.54) is 19.5 Å². The van der Waals surface area contributed by atoms with Gasteiger partial charge in [-0.2, -0.15) is 0 Å². The van der Waals surface area contributed by atoms with Crippen LogP contribution in [0.4, 0.5) is 0 Å². The molecule has 72 valence electrons. The molecule has 0 aromatic carbocycles. The van der Waals surface area contributed by atoms with Crippen LogP contribution in [0.15, 0.2) is 0 Å². The summed E-state index contributed by atoms with van der Waals surface area (Å²) in [5.41, 5.74) is 0.292. The summed E-state index contributed by atoms with van der Waals surface area (Å²) in [5.74, 6) is 0. The van der Waals surface area contributed by atoms with Crippen molar-refractivity contribution in [3.63, 3.8) is 0 Å². The molecular formula is C10H22N2. The number of rotatable bonds is 1. The highest BCUT2D eigenvalue weighted by Gasteiger charge is 2.26. The van der Waals surface area contributed by atoms with Crippen LogP contribution in [-0.4, -0.2) is 36.1 Å². The van der Waals surface area contributed by atoms with Gasteiger partial charge in [0.25, 0.3) is 0 Å². The normalized spacial score (nSPS) is 31.5. The predicted octanol–water partition coefficient (Wildman–Crippen LogP) is 1.47. The standard InChI is InChI=1S/C10H22N2/c1-5-12-8-10(3,4)11-7-6-9(12)2/h9,11H,5-8H2,1-4H3. The van der Waals surface area contributed by atoms with Gasteiger partial charge in [-0.25, -0.2) is 0 Å². The lowest BCUT2D eigenvalue weighted by atomic mass is 10.1. The highest BCUT2D eigenvalue weighted by Crippen LogP contribution is 2.14.